The summed E-state index contributed by atoms with van der Waals surface area (Å²) >= 11 is 0. The van der Waals surface area contributed by atoms with Crippen molar-refractivity contribution >= 4 is 17.3 Å². The van der Waals surface area contributed by atoms with E-state index in [1.54, 1.807) is 31.2 Å². The molecule has 0 spiro atoms. The molecule has 0 saturated carbocycles. The third kappa shape index (κ3) is 4.26. The Morgan fingerprint density at radius 2 is 1.92 bits per heavy atom. The lowest BCUT2D eigenvalue weighted by Gasteiger charge is -2.14. The summed E-state index contributed by atoms with van der Waals surface area (Å²) in [5, 5.41) is 13.7. The molecule has 2 aromatic rings. The van der Waals surface area contributed by atoms with Gasteiger partial charge < -0.3 is 14.8 Å². The zero-order chi connectivity index (χ0) is 18.6. The maximum Gasteiger partial charge on any atom is 0.274 e. The molecule has 132 valence electrons. The summed E-state index contributed by atoms with van der Waals surface area (Å²) in [6, 6.07) is 9.39. The molecular formula is C18H20N2O5. The SMILES string of the molecule is COc1cc(C(=O)Nc2cccc([N+](=O)[O-])c2C)ccc1OC(C)C. The summed E-state index contributed by atoms with van der Waals surface area (Å²) in [5.74, 6) is 0.593. The Morgan fingerprint density at radius 3 is 2.52 bits per heavy atom. The van der Waals surface area contributed by atoms with Crippen molar-refractivity contribution in [1.82, 2.24) is 0 Å². The number of anilines is 1. The smallest absolute Gasteiger partial charge is 0.274 e. The Labute approximate surface area is 145 Å². The lowest BCUT2D eigenvalue weighted by atomic mass is 10.1. The first-order valence-corrected chi connectivity index (χ1v) is 7.73. The second-order valence-electron chi connectivity index (χ2n) is 5.69. The number of hydrogen-bond acceptors (Lipinski definition) is 5. The van der Waals surface area contributed by atoms with Crippen molar-refractivity contribution < 1.29 is 19.2 Å². The van der Waals surface area contributed by atoms with Gasteiger partial charge in [0.2, 0.25) is 0 Å². The normalized spacial score (nSPS) is 10.4. The highest BCUT2D eigenvalue weighted by atomic mass is 16.6. The third-order valence-corrected chi connectivity index (χ3v) is 3.54. The van der Waals surface area contributed by atoms with Crippen LogP contribution in [0.15, 0.2) is 36.4 Å². The van der Waals surface area contributed by atoms with E-state index in [1.165, 1.54) is 19.2 Å². The fraction of sp³-hybridized carbons (Fsp3) is 0.278. The quantitative estimate of drug-likeness (QED) is 0.633. The number of nitrogens with one attached hydrogen (secondary N) is 1. The van der Waals surface area contributed by atoms with Gasteiger partial charge in [-0.3, -0.25) is 14.9 Å². The molecular weight excluding hydrogens is 324 g/mol. The number of hydrogen-bond donors (Lipinski definition) is 1. The highest BCUT2D eigenvalue weighted by Crippen LogP contribution is 2.30. The van der Waals surface area contributed by atoms with Crippen molar-refractivity contribution in [1.29, 1.82) is 0 Å². The van der Waals surface area contributed by atoms with E-state index in [9.17, 15) is 14.9 Å². The van der Waals surface area contributed by atoms with Gasteiger partial charge in [0.05, 0.1) is 29.4 Å². The molecule has 2 aromatic carbocycles. The minimum absolute atomic E-state index is 0.0268. The highest BCUT2D eigenvalue weighted by Gasteiger charge is 2.17. The largest absolute Gasteiger partial charge is 0.493 e. The van der Waals surface area contributed by atoms with Crippen LogP contribution in [-0.4, -0.2) is 24.0 Å². The van der Waals surface area contributed by atoms with Crippen molar-refractivity contribution in [3.8, 4) is 11.5 Å². The molecule has 0 aliphatic heterocycles. The Bertz CT molecular complexity index is 802. The van der Waals surface area contributed by atoms with Crippen LogP contribution in [-0.2, 0) is 0 Å². The molecule has 0 aliphatic carbocycles. The van der Waals surface area contributed by atoms with E-state index in [2.05, 4.69) is 5.32 Å². The van der Waals surface area contributed by atoms with Crippen LogP contribution in [0.3, 0.4) is 0 Å². The van der Waals surface area contributed by atoms with Crippen molar-refractivity contribution in [3.63, 3.8) is 0 Å². The minimum Gasteiger partial charge on any atom is -0.493 e. The number of carbonyl (C=O) groups is 1. The van der Waals surface area contributed by atoms with Gasteiger partial charge in [0.25, 0.3) is 11.6 Å². The van der Waals surface area contributed by atoms with Crippen molar-refractivity contribution in [3.05, 3.63) is 57.6 Å². The molecule has 25 heavy (non-hydrogen) atoms. The van der Waals surface area contributed by atoms with E-state index in [4.69, 9.17) is 9.47 Å². The first kappa shape index (κ1) is 18.3. The van der Waals surface area contributed by atoms with Crippen molar-refractivity contribution in [2.24, 2.45) is 0 Å². The molecule has 7 heteroatoms. The number of nitro groups is 1. The van der Waals surface area contributed by atoms with Crippen LogP contribution in [0.25, 0.3) is 0 Å². The molecule has 1 N–H and O–H groups in total. The summed E-state index contributed by atoms with van der Waals surface area (Å²) in [5.41, 5.74) is 1.10. The van der Waals surface area contributed by atoms with Crippen molar-refractivity contribution in [2.45, 2.75) is 26.9 Å². The molecule has 0 fully saturated rings. The predicted molar refractivity (Wildman–Crippen MR) is 94.5 cm³/mol. The average molecular weight is 344 g/mol. The number of rotatable bonds is 6. The van der Waals surface area contributed by atoms with Gasteiger partial charge in [0, 0.05) is 11.6 Å². The van der Waals surface area contributed by atoms with E-state index in [-0.39, 0.29) is 11.8 Å². The Hall–Kier alpha value is -3.09. The van der Waals surface area contributed by atoms with Gasteiger partial charge in [-0.15, -0.1) is 0 Å². The van der Waals surface area contributed by atoms with Gasteiger partial charge in [0.1, 0.15) is 0 Å². The summed E-state index contributed by atoms with van der Waals surface area (Å²) in [4.78, 5) is 23.0. The number of nitro benzene ring substituents is 1. The second kappa shape index (κ2) is 7.65. The predicted octanol–water partition coefficient (Wildman–Crippen LogP) is 3.95. The fourth-order valence-corrected chi connectivity index (χ4v) is 2.31. The molecule has 1 amide bonds. The minimum atomic E-state index is -0.480. The Kier molecular flexibility index (Phi) is 5.59. The number of benzene rings is 2. The van der Waals surface area contributed by atoms with E-state index in [0.717, 1.165) is 0 Å². The molecule has 0 bridgehead atoms. The molecule has 0 aliphatic rings. The second-order valence-corrected chi connectivity index (χ2v) is 5.69. The fourth-order valence-electron chi connectivity index (χ4n) is 2.31. The molecule has 0 aromatic heterocycles. The van der Waals surface area contributed by atoms with Crippen LogP contribution in [0.1, 0.15) is 29.8 Å². The first-order valence-electron chi connectivity index (χ1n) is 7.73. The monoisotopic (exact) mass is 344 g/mol. The van der Waals surface area contributed by atoms with Crippen LogP contribution in [0.5, 0.6) is 11.5 Å². The summed E-state index contributed by atoms with van der Waals surface area (Å²) in [6.45, 7) is 5.38. The maximum absolute atomic E-state index is 12.5. The molecule has 2 rings (SSSR count). The lowest BCUT2D eigenvalue weighted by molar-refractivity contribution is -0.385. The molecule has 0 radical (unpaired) electrons. The van der Waals surface area contributed by atoms with E-state index < -0.39 is 10.8 Å². The van der Waals surface area contributed by atoms with Gasteiger partial charge in [0.15, 0.2) is 11.5 Å². The van der Waals surface area contributed by atoms with Crippen molar-refractivity contribution in [2.75, 3.05) is 12.4 Å². The zero-order valence-electron chi connectivity index (χ0n) is 14.5. The Balaban J connectivity index is 2.27. The molecule has 7 nitrogen and oxygen atoms in total. The summed E-state index contributed by atoms with van der Waals surface area (Å²) in [7, 11) is 1.49. The number of carbonyl (C=O) groups excluding carboxylic acids is 1. The van der Waals surface area contributed by atoms with Crippen LogP contribution in [0.2, 0.25) is 0 Å². The van der Waals surface area contributed by atoms with Gasteiger partial charge in [-0.1, -0.05) is 6.07 Å². The molecule has 0 heterocycles. The Morgan fingerprint density at radius 1 is 1.20 bits per heavy atom. The van der Waals surface area contributed by atoms with E-state index >= 15 is 0 Å². The van der Waals surface area contributed by atoms with Crippen LogP contribution < -0.4 is 14.8 Å². The maximum atomic E-state index is 12.5. The number of nitrogens with zero attached hydrogens (tertiary/aromatic N) is 1. The summed E-state index contributed by atoms with van der Waals surface area (Å²) in [6.07, 6.45) is -0.0268. The van der Waals surface area contributed by atoms with Gasteiger partial charge in [-0.2, -0.15) is 0 Å². The number of methoxy groups -OCH3 is 1. The van der Waals surface area contributed by atoms with Crippen LogP contribution >= 0.6 is 0 Å². The van der Waals surface area contributed by atoms with E-state index in [1.807, 2.05) is 13.8 Å². The number of ether oxygens (including phenoxy) is 2. The molecule has 0 saturated heterocycles. The standard InChI is InChI=1S/C18H20N2O5/c1-11(2)25-16-9-8-13(10-17(16)24-4)18(21)19-14-6-5-7-15(12(14)3)20(22)23/h5-11H,1-4H3,(H,19,21). The third-order valence-electron chi connectivity index (χ3n) is 3.54. The first-order chi connectivity index (χ1) is 11.8. The van der Waals surface area contributed by atoms with Gasteiger partial charge in [-0.25, -0.2) is 0 Å². The zero-order valence-corrected chi connectivity index (χ0v) is 14.5. The molecule has 0 atom stereocenters. The van der Waals surface area contributed by atoms with Gasteiger partial charge in [-0.05, 0) is 45.0 Å². The van der Waals surface area contributed by atoms with Gasteiger partial charge >= 0.3 is 0 Å². The highest BCUT2D eigenvalue weighted by molar-refractivity contribution is 6.05. The van der Waals surface area contributed by atoms with E-state index in [0.29, 0.717) is 28.3 Å². The molecule has 0 unspecified atom stereocenters. The lowest BCUT2D eigenvalue weighted by Crippen LogP contribution is -2.14. The summed E-state index contributed by atoms with van der Waals surface area (Å²) < 4.78 is 10.9. The van der Waals surface area contributed by atoms with Crippen LogP contribution in [0.4, 0.5) is 11.4 Å². The number of amides is 1. The topological polar surface area (TPSA) is 90.7 Å². The van der Waals surface area contributed by atoms with Crippen LogP contribution in [0, 0.1) is 17.0 Å². The average Bonchev–Trinajstić information content (AvgIpc) is 2.56.